The van der Waals surface area contributed by atoms with Crippen LogP contribution in [0.4, 0.5) is 4.39 Å². The molecule has 6 heteroatoms. The number of halogens is 1. The number of benzene rings is 2. The highest BCUT2D eigenvalue weighted by atomic mass is 19.1. The molecule has 0 heterocycles. The Morgan fingerprint density at radius 3 is 2.37 bits per heavy atom. The number of nitrogens with one attached hydrogen (secondary N) is 1. The van der Waals surface area contributed by atoms with Gasteiger partial charge in [-0.15, -0.1) is 0 Å². The zero-order valence-electron chi connectivity index (χ0n) is 15.4. The van der Waals surface area contributed by atoms with Gasteiger partial charge in [0.1, 0.15) is 17.1 Å². The first-order valence-electron chi connectivity index (χ1n) is 8.80. The van der Waals surface area contributed by atoms with Gasteiger partial charge < -0.3 is 14.8 Å². The molecule has 27 heavy (non-hydrogen) atoms. The average molecular weight is 371 g/mol. The second kappa shape index (κ2) is 7.78. The van der Waals surface area contributed by atoms with Crippen LogP contribution in [-0.2, 0) is 21.5 Å². The van der Waals surface area contributed by atoms with Crippen molar-refractivity contribution in [2.75, 3.05) is 14.2 Å². The predicted octanol–water partition coefficient (Wildman–Crippen LogP) is 3.36. The number of carbonyl (C=O) groups excluding carboxylic acids is 2. The minimum absolute atomic E-state index is 0.0872. The van der Waals surface area contributed by atoms with Crippen LogP contribution in [0, 0.1) is 5.82 Å². The third kappa shape index (κ3) is 3.65. The van der Waals surface area contributed by atoms with Crippen LogP contribution in [0.2, 0.25) is 0 Å². The smallest absolute Gasteiger partial charge is 0.341 e. The molecule has 0 aromatic heterocycles. The molecule has 2 aromatic carbocycles. The van der Waals surface area contributed by atoms with E-state index >= 15 is 0 Å². The summed E-state index contributed by atoms with van der Waals surface area (Å²) in [6.45, 7) is 0.274. The first-order chi connectivity index (χ1) is 13.0. The number of carbonyl (C=O) groups is 2. The van der Waals surface area contributed by atoms with Gasteiger partial charge in [0.05, 0.1) is 19.6 Å². The molecule has 5 nitrogen and oxygen atoms in total. The molecule has 1 saturated carbocycles. The average Bonchev–Trinajstić information content (AvgIpc) is 2.66. The maximum atomic E-state index is 13.2. The summed E-state index contributed by atoms with van der Waals surface area (Å²) in [5, 5.41) is 2.95. The van der Waals surface area contributed by atoms with Crippen LogP contribution in [-0.4, -0.2) is 26.1 Å². The fourth-order valence-corrected chi connectivity index (χ4v) is 3.43. The van der Waals surface area contributed by atoms with E-state index in [4.69, 9.17) is 9.47 Å². The van der Waals surface area contributed by atoms with Gasteiger partial charge in [0.25, 0.3) is 0 Å². The number of rotatable bonds is 6. The number of esters is 1. The molecule has 0 aliphatic heterocycles. The molecule has 0 bridgehead atoms. The van der Waals surface area contributed by atoms with E-state index < -0.39 is 11.4 Å². The highest BCUT2D eigenvalue weighted by Gasteiger charge is 2.45. The third-order valence-corrected chi connectivity index (χ3v) is 5.16. The molecular formula is C21H22FNO4. The minimum atomic E-state index is -0.606. The largest absolute Gasteiger partial charge is 0.496 e. The molecule has 0 spiro atoms. The summed E-state index contributed by atoms with van der Waals surface area (Å²) in [5.74, 6) is -0.487. The van der Waals surface area contributed by atoms with Crippen molar-refractivity contribution in [1.82, 2.24) is 5.32 Å². The van der Waals surface area contributed by atoms with E-state index in [1.54, 1.807) is 30.3 Å². The summed E-state index contributed by atoms with van der Waals surface area (Å²) in [6.07, 6.45) is 2.43. The second-order valence-electron chi connectivity index (χ2n) is 6.65. The first kappa shape index (κ1) is 18.9. The summed E-state index contributed by atoms with van der Waals surface area (Å²) < 4.78 is 23.2. The Hall–Kier alpha value is -2.89. The zero-order chi connectivity index (χ0) is 19.4. The Balaban J connectivity index is 1.75. The quantitative estimate of drug-likeness (QED) is 0.791. The van der Waals surface area contributed by atoms with Crippen molar-refractivity contribution in [2.45, 2.75) is 31.2 Å². The molecule has 0 saturated heterocycles. The van der Waals surface area contributed by atoms with E-state index in [0.717, 1.165) is 30.4 Å². The summed E-state index contributed by atoms with van der Waals surface area (Å²) in [6, 6.07) is 11.2. The van der Waals surface area contributed by atoms with Crippen LogP contribution in [0.3, 0.4) is 0 Å². The molecule has 3 rings (SSSR count). The topological polar surface area (TPSA) is 64.6 Å². The molecule has 0 unspecified atom stereocenters. The molecule has 0 radical (unpaired) electrons. The standard InChI is InChI=1S/C21H22FNO4/c1-26-18-9-4-14(12-17(18)19(24)27-2)13-23-20(25)21(10-3-11-21)15-5-7-16(22)8-6-15/h4-9,12H,3,10-11,13H2,1-2H3,(H,23,25). The van der Waals surface area contributed by atoms with Gasteiger partial charge >= 0.3 is 5.97 Å². The molecule has 1 aliphatic carbocycles. The number of amides is 1. The van der Waals surface area contributed by atoms with Gasteiger partial charge in [-0.2, -0.15) is 0 Å². The molecule has 1 fully saturated rings. The van der Waals surface area contributed by atoms with Crippen LogP contribution in [0.1, 0.15) is 40.7 Å². The Labute approximate surface area is 157 Å². The van der Waals surface area contributed by atoms with Crippen LogP contribution >= 0.6 is 0 Å². The molecule has 1 N–H and O–H groups in total. The molecule has 142 valence electrons. The van der Waals surface area contributed by atoms with Gasteiger partial charge in [-0.3, -0.25) is 4.79 Å². The van der Waals surface area contributed by atoms with E-state index in [-0.39, 0.29) is 18.3 Å². The van der Waals surface area contributed by atoms with Crippen LogP contribution in [0.15, 0.2) is 42.5 Å². The fourth-order valence-electron chi connectivity index (χ4n) is 3.43. The van der Waals surface area contributed by atoms with E-state index in [0.29, 0.717) is 11.3 Å². The lowest BCUT2D eigenvalue weighted by Gasteiger charge is -2.40. The normalized spacial score (nSPS) is 14.8. The van der Waals surface area contributed by atoms with E-state index in [1.807, 2.05) is 0 Å². The van der Waals surface area contributed by atoms with Crippen molar-refractivity contribution >= 4 is 11.9 Å². The summed E-state index contributed by atoms with van der Waals surface area (Å²) in [4.78, 5) is 24.8. The number of hydrogen-bond acceptors (Lipinski definition) is 4. The van der Waals surface area contributed by atoms with Crippen molar-refractivity contribution in [3.8, 4) is 5.75 Å². The minimum Gasteiger partial charge on any atom is -0.496 e. The van der Waals surface area contributed by atoms with Gasteiger partial charge in [-0.25, -0.2) is 9.18 Å². The van der Waals surface area contributed by atoms with E-state index in [2.05, 4.69) is 5.32 Å². The monoisotopic (exact) mass is 371 g/mol. The Bertz CT molecular complexity index is 844. The Morgan fingerprint density at radius 1 is 1.11 bits per heavy atom. The van der Waals surface area contributed by atoms with Crippen LogP contribution < -0.4 is 10.1 Å². The highest BCUT2D eigenvalue weighted by Crippen LogP contribution is 2.44. The van der Waals surface area contributed by atoms with Crippen molar-refractivity contribution in [2.24, 2.45) is 0 Å². The second-order valence-corrected chi connectivity index (χ2v) is 6.65. The summed E-state index contributed by atoms with van der Waals surface area (Å²) in [7, 11) is 2.78. The van der Waals surface area contributed by atoms with Crippen molar-refractivity contribution in [3.63, 3.8) is 0 Å². The Kier molecular flexibility index (Phi) is 5.44. The zero-order valence-corrected chi connectivity index (χ0v) is 15.4. The van der Waals surface area contributed by atoms with Crippen molar-refractivity contribution in [1.29, 1.82) is 0 Å². The predicted molar refractivity (Wildman–Crippen MR) is 98.1 cm³/mol. The summed E-state index contributed by atoms with van der Waals surface area (Å²) in [5.41, 5.74) is 1.30. The van der Waals surface area contributed by atoms with Crippen LogP contribution in [0.5, 0.6) is 5.75 Å². The Morgan fingerprint density at radius 2 is 1.81 bits per heavy atom. The first-order valence-corrected chi connectivity index (χ1v) is 8.80. The van der Waals surface area contributed by atoms with E-state index in [1.165, 1.54) is 26.4 Å². The van der Waals surface area contributed by atoms with Gasteiger partial charge in [0.15, 0.2) is 0 Å². The maximum Gasteiger partial charge on any atom is 0.341 e. The third-order valence-electron chi connectivity index (χ3n) is 5.16. The van der Waals surface area contributed by atoms with Gasteiger partial charge in [0.2, 0.25) is 5.91 Å². The SMILES string of the molecule is COC(=O)c1cc(CNC(=O)C2(c3ccc(F)cc3)CCC2)ccc1OC. The van der Waals surface area contributed by atoms with Crippen molar-refractivity contribution in [3.05, 3.63) is 65.0 Å². The molecular weight excluding hydrogens is 349 g/mol. The van der Waals surface area contributed by atoms with Crippen LogP contribution in [0.25, 0.3) is 0 Å². The molecule has 2 aromatic rings. The van der Waals surface area contributed by atoms with Gasteiger partial charge in [0, 0.05) is 6.54 Å². The fraction of sp³-hybridized carbons (Fsp3) is 0.333. The number of ether oxygens (including phenoxy) is 2. The number of methoxy groups -OCH3 is 2. The molecule has 1 amide bonds. The summed E-state index contributed by atoms with van der Waals surface area (Å²) >= 11 is 0. The van der Waals surface area contributed by atoms with Crippen molar-refractivity contribution < 1.29 is 23.5 Å². The highest BCUT2D eigenvalue weighted by molar-refractivity contribution is 5.93. The molecule has 0 atom stereocenters. The van der Waals surface area contributed by atoms with Gasteiger partial charge in [-0.05, 0) is 48.2 Å². The lowest BCUT2D eigenvalue weighted by molar-refractivity contribution is -0.130. The lowest BCUT2D eigenvalue weighted by atomic mass is 9.64. The number of hydrogen-bond donors (Lipinski definition) is 1. The van der Waals surface area contributed by atoms with Gasteiger partial charge in [-0.1, -0.05) is 24.6 Å². The van der Waals surface area contributed by atoms with E-state index in [9.17, 15) is 14.0 Å². The lowest BCUT2D eigenvalue weighted by Crippen LogP contribution is -2.49. The molecule has 1 aliphatic rings. The maximum absolute atomic E-state index is 13.2.